The fourth-order valence-electron chi connectivity index (χ4n) is 5.16. The highest BCUT2D eigenvalue weighted by Crippen LogP contribution is 2.44. The van der Waals surface area contributed by atoms with Crippen molar-refractivity contribution in [2.45, 2.75) is 76.5 Å². The molecular weight excluding hydrogens is 319 g/mol. The van der Waals surface area contributed by atoms with Gasteiger partial charge in [0.25, 0.3) is 0 Å². The van der Waals surface area contributed by atoms with Gasteiger partial charge in [-0.2, -0.15) is 0 Å². The van der Waals surface area contributed by atoms with Crippen molar-refractivity contribution in [3.8, 4) is 0 Å². The largest absolute Gasteiger partial charge is 0.251 e. The van der Waals surface area contributed by atoms with Crippen LogP contribution in [0.15, 0.2) is 24.3 Å². The van der Waals surface area contributed by atoms with E-state index in [4.69, 9.17) is 11.6 Å². The lowest BCUT2D eigenvalue weighted by molar-refractivity contribution is 0.155. The molecule has 0 spiro atoms. The smallest absolute Gasteiger partial charge is 0.0894 e. The van der Waals surface area contributed by atoms with Crippen LogP contribution in [0.2, 0.25) is 5.02 Å². The van der Waals surface area contributed by atoms with E-state index in [1.54, 1.807) is 0 Å². The van der Waals surface area contributed by atoms with Crippen molar-refractivity contribution < 1.29 is 4.39 Å². The topological polar surface area (TPSA) is 0 Å². The highest BCUT2D eigenvalue weighted by molar-refractivity contribution is 6.30. The van der Waals surface area contributed by atoms with Crippen molar-refractivity contribution in [2.24, 2.45) is 17.8 Å². The minimum absolute atomic E-state index is 0.134. The number of halogens is 2. The summed E-state index contributed by atoms with van der Waals surface area (Å²) in [5.74, 6) is 3.52. The van der Waals surface area contributed by atoms with Gasteiger partial charge in [-0.15, -0.1) is 0 Å². The van der Waals surface area contributed by atoms with Gasteiger partial charge in [-0.3, -0.25) is 4.39 Å². The first-order valence-electron chi connectivity index (χ1n) is 10.1. The second-order valence-corrected chi connectivity index (χ2v) is 8.57. The van der Waals surface area contributed by atoms with E-state index in [1.165, 1.54) is 63.4 Å². The maximum absolute atomic E-state index is 12.2. The summed E-state index contributed by atoms with van der Waals surface area (Å²) in [7, 11) is 0. The molecule has 2 aliphatic rings. The van der Waals surface area contributed by atoms with Crippen molar-refractivity contribution in [1.29, 1.82) is 0 Å². The first-order valence-corrected chi connectivity index (χ1v) is 10.5. The molecule has 0 saturated heterocycles. The van der Waals surface area contributed by atoms with Gasteiger partial charge in [0.05, 0.1) is 6.67 Å². The molecule has 0 aromatic heterocycles. The molecule has 1 aromatic rings. The van der Waals surface area contributed by atoms with Gasteiger partial charge in [-0.1, -0.05) is 49.4 Å². The van der Waals surface area contributed by atoms with Crippen LogP contribution in [0.5, 0.6) is 0 Å². The van der Waals surface area contributed by atoms with Gasteiger partial charge >= 0.3 is 0 Å². The molecule has 2 aliphatic carbocycles. The van der Waals surface area contributed by atoms with Crippen molar-refractivity contribution in [2.75, 3.05) is 6.67 Å². The summed E-state index contributed by atoms with van der Waals surface area (Å²) in [6.07, 6.45) is 14.2. The van der Waals surface area contributed by atoms with Crippen molar-refractivity contribution in [1.82, 2.24) is 0 Å². The Bertz CT molecular complexity index is 484. The Labute approximate surface area is 152 Å². The monoisotopic (exact) mass is 350 g/mol. The predicted octanol–water partition coefficient (Wildman–Crippen LogP) is 7.56. The molecule has 0 amide bonds. The molecule has 0 unspecified atom stereocenters. The number of hydrogen-bond acceptors (Lipinski definition) is 0. The van der Waals surface area contributed by atoms with Gasteiger partial charge in [-0.05, 0) is 86.3 Å². The average Bonchev–Trinajstić information content (AvgIpc) is 2.63. The third kappa shape index (κ3) is 4.97. The average molecular weight is 351 g/mol. The first-order chi connectivity index (χ1) is 11.8. The Morgan fingerprint density at radius 1 is 0.875 bits per heavy atom. The molecule has 0 aliphatic heterocycles. The van der Waals surface area contributed by atoms with Gasteiger partial charge in [-0.25, -0.2) is 0 Å². The lowest BCUT2D eigenvalue weighted by Crippen LogP contribution is -2.25. The van der Waals surface area contributed by atoms with Crippen LogP contribution in [0, 0.1) is 17.8 Å². The molecule has 0 bridgehead atoms. The predicted molar refractivity (Wildman–Crippen MR) is 101 cm³/mol. The van der Waals surface area contributed by atoms with Gasteiger partial charge in [0.1, 0.15) is 0 Å². The summed E-state index contributed by atoms with van der Waals surface area (Å²) in [6.45, 7) is -0.134. The minimum atomic E-state index is -0.134. The quantitative estimate of drug-likeness (QED) is 0.464. The molecule has 3 rings (SSSR count). The summed E-state index contributed by atoms with van der Waals surface area (Å²) in [6, 6.07) is 8.48. The molecule has 134 valence electrons. The summed E-state index contributed by atoms with van der Waals surface area (Å²) in [5, 5.41) is 0.876. The number of rotatable bonds is 6. The summed E-state index contributed by atoms with van der Waals surface area (Å²) < 4.78 is 12.2. The Kier molecular flexibility index (Phi) is 7.01. The molecule has 2 saturated carbocycles. The Morgan fingerprint density at radius 2 is 1.54 bits per heavy atom. The zero-order valence-electron chi connectivity index (χ0n) is 14.9. The SMILES string of the molecule is FCCCCC1CCC(C2CCC(c3cccc(Cl)c3)CC2)CC1. The van der Waals surface area contributed by atoms with Crippen LogP contribution in [-0.4, -0.2) is 6.67 Å². The van der Waals surface area contributed by atoms with E-state index < -0.39 is 0 Å². The Hall–Kier alpha value is -0.560. The van der Waals surface area contributed by atoms with Crippen LogP contribution < -0.4 is 0 Å². The Balaban J connectivity index is 1.41. The second kappa shape index (κ2) is 9.22. The number of alkyl halides is 1. The van der Waals surface area contributed by atoms with Crippen LogP contribution in [0.4, 0.5) is 4.39 Å². The van der Waals surface area contributed by atoms with Crippen LogP contribution in [-0.2, 0) is 0 Å². The summed E-state index contributed by atoms with van der Waals surface area (Å²) in [4.78, 5) is 0. The molecule has 0 radical (unpaired) electrons. The van der Waals surface area contributed by atoms with E-state index in [0.29, 0.717) is 0 Å². The lowest BCUT2D eigenvalue weighted by Gasteiger charge is -2.38. The van der Waals surface area contributed by atoms with E-state index in [-0.39, 0.29) is 6.67 Å². The first kappa shape index (κ1) is 18.2. The fourth-order valence-corrected chi connectivity index (χ4v) is 5.36. The molecule has 0 N–H and O–H groups in total. The zero-order valence-corrected chi connectivity index (χ0v) is 15.6. The van der Waals surface area contributed by atoms with E-state index >= 15 is 0 Å². The van der Waals surface area contributed by atoms with E-state index in [2.05, 4.69) is 18.2 Å². The normalized spacial score (nSPS) is 31.1. The molecule has 1 aromatic carbocycles. The molecule has 24 heavy (non-hydrogen) atoms. The third-order valence-electron chi connectivity index (χ3n) is 6.65. The molecular formula is C22H32ClF. The van der Waals surface area contributed by atoms with Gasteiger partial charge in [0.15, 0.2) is 0 Å². The third-order valence-corrected chi connectivity index (χ3v) is 6.88. The van der Waals surface area contributed by atoms with Crippen LogP contribution in [0.1, 0.15) is 82.1 Å². The highest BCUT2D eigenvalue weighted by atomic mass is 35.5. The standard InChI is InChI=1S/C22H32ClF/c23-22-6-3-5-21(16-22)20-13-11-19(12-14-20)18-9-7-17(8-10-18)4-1-2-15-24/h3,5-6,16-20H,1-2,4,7-15H2. The molecule has 0 heterocycles. The minimum Gasteiger partial charge on any atom is -0.251 e. The lowest BCUT2D eigenvalue weighted by atomic mass is 9.68. The van der Waals surface area contributed by atoms with Crippen LogP contribution >= 0.6 is 11.6 Å². The maximum Gasteiger partial charge on any atom is 0.0894 e. The fraction of sp³-hybridized carbons (Fsp3) is 0.727. The van der Waals surface area contributed by atoms with Gasteiger partial charge in [0, 0.05) is 5.02 Å². The van der Waals surface area contributed by atoms with Gasteiger partial charge < -0.3 is 0 Å². The number of hydrogen-bond donors (Lipinski definition) is 0. The van der Waals surface area contributed by atoms with Crippen molar-refractivity contribution >= 4 is 11.6 Å². The van der Waals surface area contributed by atoms with Crippen molar-refractivity contribution in [3.63, 3.8) is 0 Å². The summed E-state index contributed by atoms with van der Waals surface area (Å²) >= 11 is 6.15. The maximum atomic E-state index is 12.2. The van der Waals surface area contributed by atoms with Crippen molar-refractivity contribution in [3.05, 3.63) is 34.9 Å². The Morgan fingerprint density at radius 3 is 2.17 bits per heavy atom. The van der Waals surface area contributed by atoms with E-state index in [0.717, 1.165) is 41.5 Å². The van der Waals surface area contributed by atoms with Gasteiger partial charge in [0.2, 0.25) is 0 Å². The van der Waals surface area contributed by atoms with E-state index in [9.17, 15) is 4.39 Å². The number of unbranched alkanes of at least 4 members (excludes halogenated alkanes) is 1. The number of benzene rings is 1. The molecule has 0 nitrogen and oxygen atoms in total. The molecule has 2 heteroatoms. The van der Waals surface area contributed by atoms with E-state index in [1.807, 2.05) is 6.07 Å². The second-order valence-electron chi connectivity index (χ2n) is 8.13. The summed E-state index contributed by atoms with van der Waals surface area (Å²) in [5.41, 5.74) is 1.44. The highest BCUT2D eigenvalue weighted by Gasteiger charge is 2.31. The van der Waals surface area contributed by atoms with Crippen LogP contribution in [0.25, 0.3) is 0 Å². The zero-order chi connectivity index (χ0) is 16.8. The molecule has 2 fully saturated rings. The molecule has 0 atom stereocenters. The van der Waals surface area contributed by atoms with Crippen LogP contribution in [0.3, 0.4) is 0 Å².